The summed E-state index contributed by atoms with van der Waals surface area (Å²) in [4.78, 5) is 61.5. The van der Waals surface area contributed by atoms with Crippen molar-refractivity contribution in [3.63, 3.8) is 0 Å². The maximum atomic E-state index is 13.7. The molecule has 1 aliphatic carbocycles. The smallest absolute Gasteiger partial charge is 0.245 e. The Morgan fingerprint density at radius 3 is 1.72 bits per heavy atom. The van der Waals surface area contributed by atoms with Crippen LogP contribution < -0.4 is 5.32 Å². The highest BCUT2D eigenvalue weighted by atomic mass is 28.4. The maximum Gasteiger partial charge on any atom is 0.245 e. The van der Waals surface area contributed by atoms with E-state index in [0.29, 0.717) is 19.3 Å². The molecule has 11 nitrogen and oxygen atoms in total. The van der Waals surface area contributed by atoms with E-state index in [0.717, 1.165) is 64.2 Å². The average Bonchev–Trinajstić information content (AvgIpc) is 3.86. The van der Waals surface area contributed by atoms with Gasteiger partial charge in [-0.15, -0.1) is 0 Å². The fourth-order valence-corrected chi connectivity index (χ4v) is 17.1. The molecule has 4 saturated heterocycles. The number of likely N-dealkylation sites (N-methyl/N-ethyl adjacent to an activating group) is 2. The van der Waals surface area contributed by atoms with Crippen molar-refractivity contribution < 1.29 is 28.0 Å². The molecule has 2 aromatic rings. The molecule has 0 aromatic heterocycles. The molecule has 0 saturated carbocycles. The van der Waals surface area contributed by atoms with Crippen molar-refractivity contribution in [1.82, 2.24) is 19.6 Å². The van der Waals surface area contributed by atoms with Gasteiger partial charge in [0.05, 0.1) is 19.1 Å². The van der Waals surface area contributed by atoms with E-state index in [1.54, 1.807) is 28.8 Å². The van der Waals surface area contributed by atoms with Gasteiger partial charge in [0.2, 0.25) is 23.6 Å². The molecule has 0 bridgehead atoms. The summed E-state index contributed by atoms with van der Waals surface area (Å²) in [6, 6.07) is 17.5. The van der Waals surface area contributed by atoms with Crippen molar-refractivity contribution in [2.75, 3.05) is 32.5 Å². The van der Waals surface area contributed by atoms with Crippen molar-refractivity contribution in [2.45, 2.75) is 133 Å². The molecule has 8 rings (SSSR count). The molecule has 0 radical (unpaired) electrons. The summed E-state index contributed by atoms with van der Waals surface area (Å²) >= 11 is 0. The Morgan fingerprint density at radius 2 is 1.15 bits per heavy atom. The van der Waals surface area contributed by atoms with Crippen LogP contribution in [0.25, 0.3) is 11.1 Å². The molecule has 0 unspecified atom stereocenters. The van der Waals surface area contributed by atoms with Crippen LogP contribution in [-0.4, -0.2) is 111 Å². The first-order valence-electron chi connectivity index (χ1n) is 20.4. The predicted molar refractivity (Wildman–Crippen MR) is 212 cm³/mol. The molecule has 6 atom stereocenters. The lowest BCUT2D eigenvalue weighted by atomic mass is 9.86. The van der Waals surface area contributed by atoms with Crippen LogP contribution in [-0.2, 0) is 45.7 Å². The molecule has 2 aromatic carbocycles. The molecule has 4 amide bonds. The van der Waals surface area contributed by atoms with E-state index in [1.165, 1.54) is 5.56 Å². The van der Waals surface area contributed by atoms with E-state index in [4.69, 9.17) is 8.85 Å². The number of rotatable bonds is 11. The average molecular weight is 772 g/mol. The Hall–Kier alpha value is -3.53. The van der Waals surface area contributed by atoms with Gasteiger partial charge < -0.3 is 33.8 Å². The van der Waals surface area contributed by atoms with Gasteiger partial charge in [-0.1, -0.05) is 59.7 Å². The first kappa shape index (κ1) is 37.4. The summed E-state index contributed by atoms with van der Waals surface area (Å²) < 4.78 is 15.1. The minimum Gasteiger partial charge on any atom is -0.405 e. The van der Waals surface area contributed by atoms with Gasteiger partial charge >= 0.3 is 0 Å². The molecule has 4 fully saturated rings. The van der Waals surface area contributed by atoms with Gasteiger partial charge in [-0.05, 0) is 83.1 Å². The fraction of sp³-hybridized carbons (Fsp3) is 0.610. The standard InChI is InChI=1S/C41H57N5O6Si2/c1-9-53(10-2,11-3)51-40-22-32-37(49)43(7)24-35(47)45(32)34(40)21-28-16-15-26(19-29(28)40)27-17-18-31-30(20-27)41(52-54(12-4,13-5)14-6)23-33-38(50)44(8)25-36(48)46(33)39(41)42-31/h15-20,32-34,39,42H,9-14,21-25H2,1-8H3/t32-,33-,34+,39-,40+,41+/m1/s1. The van der Waals surface area contributed by atoms with Crippen LogP contribution in [0.1, 0.15) is 71.1 Å². The Labute approximate surface area is 322 Å². The van der Waals surface area contributed by atoms with Gasteiger partial charge in [0.1, 0.15) is 29.5 Å². The number of benzene rings is 2. The zero-order valence-corrected chi connectivity index (χ0v) is 35.3. The zero-order chi connectivity index (χ0) is 38.5. The van der Waals surface area contributed by atoms with Gasteiger partial charge in [-0.25, -0.2) is 0 Å². The van der Waals surface area contributed by atoms with Crippen LogP contribution in [0.4, 0.5) is 5.69 Å². The molecule has 13 heteroatoms. The first-order valence-corrected chi connectivity index (χ1v) is 25.4. The minimum absolute atomic E-state index is 0.00441. The quantitative estimate of drug-likeness (QED) is 0.296. The number of carbonyl (C=O) groups excluding carboxylic acids is 4. The van der Waals surface area contributed by atoms with Crippen molar-refractivity contribution in [3.05, 3.63) is 53.1 Å². The van der Waals surface area contributed by atoms with Crippen LogP contribution in [0.3, 0.4) is 0 Å². The molecule has 1 N–H and O–H groups in total. The normalized spacial score (nSPS) is 30.0. The summed E-state index contributed by atoms with van der Waals surface area (Å²) in [6.07, 6.45) is 1.08. The second-order valence-corrected chi connectivity index (χ2v) is 26.2. The zero-order valence-electron chi connectivity index (χ0n) is 33.3. The van der Waals surface area contributed by atoms with Crippen molar-refractivity contribution >= 4 is 46.0 Å². The van der Waals surface area contributed by atoms with E-state index < -0.39 is 46.1 Å². The lowest BCUT2D eigenvalue weighted by molar-refractivity contribution is -0.154. The predicted octanol–water partition coefficient (Wildman–Crippen LogP) is 5.61. The second kappa shape index (κ2) is 13.0. The Bertz CT molecular complexity index is 1770. The number of hydrogen-bond acceptors (Lipinski definition) is 7. The lowest BCUT2D eigenvalue weighted by Crippen LogP contribution is -2.60. The van der Waals surface area contributed by atoms with E-state index in [2.05, 4.69) is 83.3 Å². The highest BCUT2D eigenvalue weighted by Crippen LogP contribution is 2.57. The first-order chi connectivity index (χ1) is 25.8. The Balaban J connectivity index is 1.25. The van der Waals surface area contributed by atoms with Crippen LogP contribution in [0.5, 0.6) is 0 Å². The van der Waals surface area contributed by atoms with Crippen molar-refractivity contribution in [2.24, 2.45) is 0 Å². The number of piperazine rings is 2. The second-order valence-electron chi connectivity index (χ2n) is 16.8. The van der Waals surface area contributed by atoms with Gasteiger partial charge in [0, 0.05) is 38.2 Å². The number of fused-ring (bicyclic) bond motifs is 10. The minimum atomic E-state index is -2.25. The number of amides is 4. The third-order valence-corrected chi connectivity index (χ3v) is 24.0. The number of anilines is 1. The van der Waals surface area contributed by atoms with Gasteiger partial charge in [-0.2, -0.15) is 0 Å². The lowest BCUT2D eigenvalue weighted by Gasteiger charge is -2.42. The molecular formula is C41H57N5O6Si2. The number of hydrogen-bond donors (Lipinski definition) is 1. The van der Waals surface area contributed by atoms with Gasteiger partial charge in [-0.3, -0.25) is 19.2 Å². The molecule has 6 aliphatic rings. The molecule has 5 aliphatic heterocycles. The monoisotopic (exact) mass is 771 g/mol. The van der Waals surface area contributed by atoms with Crippen LogP contribution in [0.2, 0.25) is 36.3 Å². The van der Waals surface area contributed by atoms with E-state index in [1.807, 2.05) is 4.90 Å². The third kappa shape index (κ3) is 5.09. The van der Waals surface area contributed by atoms with Crippen LogP contribution >= 0.6 is 0 Å². The van der Waals surface area contributed by atoms with Gasteiger partial charge in [0.25, 0.3) is 0 Å². The largest absolute Gasteiger partial charge is 0.405 e. The maximum absolute atomic E-state index is 13.7. The fourth-order valence-electron chi connectivity index (χ4n) is 11.1. The highest BCUT2D eigenvalue weighted by molar-refractivity contribution is 6.74. The molecule has 5 heterocycles. The van der Waals surface area contributed by atoms with Crippen LogP contribution in [0.15, 0.2) is 36.4 Å². The molecule has 54 heavy (non-hydrogen) atoms. The van der Waals surface area contributed by atoms with Crippen molar-refractivity contribution in [1.29, 1.82) is 0 Å². The SMILES string of the molecule is CC[Si](CC)(CC)O[C@]12C[C@@H]3C(=O)N(C)CC(=O)N3[C@H]1Cc1ccc(-c3ccc4c(c3)[C@@]3(O[Si](CC)(CC)CC)C[C@@H]5C(=O)N(C)CC(=O)N5[C@H]3N4)cc12. The summed E-state index contributed by atoms with van der Waals surface area (Å²) in [5.41, 5.74) is 4.65. The van der Waals surface area contributed by atoms with Gasteiger partial charge in [0.15, 0.2) is 16.6 Å². The molecular weight excluding hydrogens is 715 g/mol. The summed E-state index contributed by atoms with van der Waals surface area (Å²) in [5, 5.41) is 3.68. The topological polar surface area (TPSA) is 112 Å². The summed E-state index contributed by atoms with van der Waals surface area (Å²) in [5.74, 6) is -0.108. The summed E-state index contributed by atoms with van der Waals surface area (Å²) in [7, 11) is -1.03. The number of nitrogens with zero attached hydrogens (tertiary/aromatic N) is 4. The van der Waals surface area contributed by atoms with Crippen molar-refractivity contribution in [3.8, 4) is 11.1 Å². The highest BCUT2D eigenvalue weighted by Gasteiger charge is 2.66. The van der Waals surface area contributed by atoms with E-state index >= 15 is 0 Å². The number of carbonyl (C=O) groups is 4. The number of nitrogens with one attached hydrogen (secondary N) is 1. The summed E-state index contributed by atoms with van der Waals surface area (Å²) in [6.45, 7) is 13.5. The Morgan fingerprint density at radius 1 is 0.667 bits per heavy atom. The molecule has 0 spiro atoms. The van der Waals surface area contributed by atoms with E-state index in [9.17, 15) is 19.2 Å². The Kier molecular flexibility index (Phi) is 9.02. The molecule has 290 valence electrons. The van der Waals surface area contributed by atoms with Crippen LogP contribution in [0, 0.1) is 0 Å². The third-order valence-electron chi connectivity index (χ3n) is 14.6. The van der Waals surface area contributed by atoms with E-state index in [-0.39, 0.29) is 42.8 Å².